The van der Waals surface area contributed by atoms with Gasteiger partial charge in [-0.15, -0.1) is 0 Å². The topological polar surface area (TPSA) is 55.1 Å². The standard InChI is InChI=1S/C14H28N2O/c1-4-12(9-15)8-14(17)16-13-6-10(2)5-11(3)7-13/h10-13H,4-9,15H2,1-3H3,(H,16,17). The second kappa shape index (κ2) is 7.00. The van der Waals surface area contributed by atoms with Gasteiger partial charge in [0.1, 0.15) is 0 Å². The first-order valence-electron chi connectivity index (χ1n) is 7.04. The molecule has 0 bridgehead atoms. The van der Waals surface area contributed by atoms with Crippen molar-refractivity contribution in [3.8, 4) is 0 Å². The lowest BCUT2D eigenvalue weighted by atomic mass is 9.80. The molecule has 0 aliphatic heterocycles. The van der Waals surface area contributed by atoms with E-state index in [1.54, 1.807) is 0 Å². The summed E-state index contributed by atoms with van der Waals surface area (Å²) in [6.07, 6.45) is 5.14. The third kappa shape index (κ3) is 5.07. The first-order valence-corrected chi connectivity index (χ1v) is 7.04. The van der Waals surface area contributed by atoms with Crippen molar-refractivity contribution in [2.24, 2.45) is 23.5 Å². The first-order chi connectivity index (χ1) is 8.05. The van der Waals surface area contributed by atoms with E-state index in [-0.39, 0.29) is 5.91 Å². The zero-order valence-electron chi connectivity index (χ0n) is 11.5. The highest BCUT2D eigenvalue weighted by atomic mass is 16.1. The molecular formula is C14H28N2O. The summed E-state index contributed by atoms with van der Waals surface area (Å²) in [6, 6.07) is 0.386. The maximum atomic E-state index is 11.9. The molecule has 17 heavy (non-hydrogen) atoms. The Kier molecular flexibility index (Phi) is 5.96. The summed E-state index contributed by atoms with van der Waals surface area (Å²) in [5.74, 6) is 2.00. The van der Waals surface area contributed by atoms with E-state index in [9.17, 15) is 4.79 Å². The highest BCUT2D eigenvalue weighted by molar-refractivity contribution is 5.76. The van der Waals surface area contributed by atoms with Gasteiger partial charge in [0.25, 0.3) is 0 Å². The molecule has 1 aliphatic rings. The predicted octanol–water partition coefficient (Wildman–Crippen LogP) is 2.30. The molecule has 1 rings (SSSR count). The van der Waals surface area contributed by atoms with E-state index in [0.717, 1.165) is 31.1 Å². The minimum absolute atomic E-state index is 0.189. The summed E-state index contributed by atoms with van der Waals surface area (Å²) in [6.45, 7) is 7.27. The molecule has 1 saturated carbocycles. The van der Waals surface area contributed by atoms with Crippen LogP contribution in [0.5, 0.6) is 0 Å². The monoisotopic (exact) mass is 240 g/mol. The number of carbonyl (C=O) groups excluding carboxylic acids is 1. The van der Waals surface area contributed by atoms with Crippen LogP contribution < -0.4 is 11.1 Å². The maximum absolute atomic E-state index is 11.9. The zero-order valence-corrected chi connectivity index (χ0v) is 11.5. The van der Waals surface area contributed by atoms with Crippen molar-refractivity contribution in [3.63, 3.8) is 0 Å². The van der Waals surface area contributed by atoms with Gasteiger partial charge in [-0.05, 0) is 43.6 Å². The second-order valence-electron chi connectivity index (χ2n) is 5.90. The van der Waals surface area contributed by atoms with Crippen LogP contribution in [0.4, 0.5) is 0 Å². The first kappa shape index (κ1) is 14.5. The SMILES string of the molecule is CCC(CN)CC(=O)NC1CC(C)CC(C)C1. The highest BCUT2D eigenvalue weighted by Gasteiger charge is 2.25. The number of amides is 1. The smallest absolute Gasteiger partial charge is 0.220 e. The summed E-state index contributed by atoms with van der Waals surface area (Å²) in [7, 11) is 0. The third-order valence-electron chi connectivity index (χ3n) is 3.93. The Morgan fingerprint density at radius 3 is 2.35 bits per heavy atom. The molecule has 1 fully saturated rings. The molecule has 0 heterocycles. The third-order valence-corrected chi connectivity index (χ3v) is 3.93. The van der Waals surface area contributed by atoms with Gasteiger partial charge in [0.05, 0.1) is 0 Å². The van der Waals surface area contributed by atoms with E-state index in [1.807, 2.05) is 0 Å². The highest BCUT2D eigenvalue weighted by Crippen LogP contribution is 2.28. The number of nitrogens with one attached hydrogen (secondary N) is 1. The largest absolute Gasteiger partial charge is 0.353 e. The molecule has 3 atom stereocenters. The van der Waals surface area contributed by atoms with Crippen molar-refractivity contribution in [2.45, 2.75) is 58.9 Å². The maximum Gasteiger partial charge on any atom is 0.220 e. The molecule has 0 radical (unpaired) electrons. The molecule has 0 aromatic rings. The van der Waals surface area contributed by atoms with Gasteiger partial charge >= 0.3 is 0 Å². The second-order valence-corrected chi connectivity index (χ2v) is 5.90. The Balaban J connectivity index is 2.34. The lowest BCUT2D eigenvalue weighted by Crippen LogP contribution is -2.41. The van der Waals surface area contributed by atoms with Gasteiger partial charge in [0.2, 0.25) is 5.91 Å². The van der Waals surface area contributed by atoms with Gasteiger partial charge in [0, 0.05) is 12.5 Å². The summed E-state index contributed by atoms with van der Waals surface area (Å²) in [5, 5.41) is 3.18. The van der Waals surface area contributed by atoms with Crippen molar-refractivity contribution in [1.82, 2.24) is 5.32 Å². The van der Waals surface area contributed by atoms with E-state index >= 15 is 0 Å². The van der Waals surface area contributed by atoms with E-state index in [1.165, 1.54) is 6.42 Å². The molecule has 3 nitrogen and oxygen atoms in total. The molecule has 1 aliphatic carbocycles. The van der Waals surface area contributed by atoms with Crippen LogP contribution in [-0.4, -0.2) is 18.5 Å². The molecule has 0 spiro atoms. The van der Waals surface area contributed by atoms with Crippen LogP contribution in [0.3, 0.4) is 0 Å². The molecule has 0 saturated heterocycles. The fourth-order valence-electron chi connectivity index (χ4n) is 3.01. The van der Waals surface area contributed by atoms with E-state index in [4.69, 9.17) is 5.73 Å². The van der Waals surface area contributed by atoms with Gasteiger partial charge in [0.15, 0.2) is 0 Å². The van der Waals surface area contributed by atoms with Crippen LogP contribution in [0, 0.1) is 17.8 Å². The van der Waals surface area contributed by atoms with Crippen molar-refractivity contribution in [1.29, 1.82) is 0 Å². The number of carbonyl (C=O) groups is 1. The normalized spacial score (nSPS) is 30.9. The Bertz CT molecular complexity index is 228. The van der Waals surface area contributed by atoms with Crippen molar-refractivity contribution >= 4 is 5.91 Å². The van der Waals surface area contributed by atoms with Crippen molar-refractivity contribution < 1.29 is 4.79 Å². The lowest BCUT2D eigenvalue weighted by molar-refractivity contribution is -0.123. The van der Waals surface area contributed by atoms with Crippen LogP contribution in [0.2, 0.25) is 0 Å². The molecule has 100 valence electrons. The summed E-state index contributed by atoms with van der Waals surface area (Å²) in [4.78, 5) is 11.9. The number of hydrogen-bond donors (Lipinski definition) is 2. The minimum Gasteiger partial charge on any atom is -0.353 e. The van der Waals surface area contributed by atoms with Gasteiger partial charge < -0.3 is 11.1 Å². The molecule has 3 heteroatoms. The minimum atomic E-state index is 0.189. The molecule has 3 unspecified atom stereocenters. The number of nitrogens with two attached hydrogens (primary N) is 1. The fourth-order valence-corrected chi connectivity index (χ4v) is 3.01. The Labute approximate surface area is 106 Å². The molecule has 1 amide bonds. The van der Waals surface area contributed by atoms with Crippen LogP contribution in [0.1, 0.15) is 52.9 Å². The summed E-state index contributed by atoms with van der Waals surface area (Å²) in [5.41, 5.74) is 5.63. The Morgan fingerprint density at radius 1 is 1.29 bits per heavy atom. The van der Waals surface area contributed by atoms with Gasteiger partial charge in [-0.25, -0.2) is 0 Å². The molecule has 0 aromatic carbocycles. The zero-order chi connectivity index (χ0) is 12.8. The average Bonchev–Trinajstić information content (AvgIpc) is 2.24. The Hall–Kier alpha value is -0.570. The van der Waals surface area contributed by atoms with Crippen LogP contribution in [0.15, 0.2) is 0 Å². The molecule has 3 N–H and O–H groups in total. The average molecular weight is 240 g/mol. The summed E-state index contributed by atoms with van der Waals surface area (Å²) < 4.78 is 0. The lowest BCUT2D eigenvalue weighted by Gasteiger charge is -2.32. The number of rotatable bonds is 5. The fraction of sp³-hybridized carbons (Fsp3) is 0.929. The van der Waals surface area contributed by atoms with Gasteiger partial charge in [-0.2, -0.15) is 0 Å². The molecular weight excluding hydrogens is 212 g/mol. The van der Waals surface area contributed by atoms with E-state index in [2.05, 4.69) is 26.1 Å². The number of hydrogen-bond acceptors (Lipinski definition) is 2. The van der Waals surface area contributed by atoms with E-state index in [0.29, 0.717) is 24.9 Å². The van der Waals surface area contributed by atoms with Gasteiger partial charge in [-0.3, -0.25) is 4.79 Å². The van der Waals surface area contributed by atoms with Crippen molar-refractivity contribution in [2.75, 3.05) is 6.54 Å². The van der Waals surface area contributed by atoms with Crippen LogP contribution >= 0.6 is 0 Å². The van der Waals surface area contributed by atoms with Crippen LogP contribution in [-0.2, 0) is 4.79 Å². The van der Waals surface area contributed by atoms with Gasteiger partial charge in [-0.1, -0.05) is 27.2 Å². The molecule has 0 aromatic heterocycles. The van der Waals surface area contributed by atoms with Crippen LogP contribution in [0.25, 0.3) is 0 Å². The Morgan fingerprint density at radius 2 is 1.88 bits per heavy atom. The van der Waals surface area contributed by atoms with E-state index < -0.39 is 0 Å². The predicted molar refractivity (Wildman–Crippen MR) is 71.6 cm³/mol. The summed E-state index contributed by atoms with van der Waals surface area (Å²) >= 11 is 0. The quantitative estimate of drug-likeness (QED) is 0.774. The van der Waals surface area contributed by atoms with Crippen molar-refractivity contribution in [3.05, 3.63) is 0 Å².